The Balaban J connectivity index is 1.94. The maximum Gasteiger partial charge on any atom is 0.266 e. The van der Waals surface area contributed by atoms with Crippen LogP contribution in [0.1, 0.15) is 23.6 Å². The van der Waals surface area contributed by atoms with Crippen molar-refractivity contribution in [2.75, 3.05) is 11.9 Å². The Morgan fingerprint density at radius 2 is 1.94 bits per heavy atom. The van der Waals surface area contributed by atoms with Gasteiger partial charge in [0.25, 0.3) is 5.91 Å². The van der Waals surface area contributed by atoms with Gasteiger partial charge in [-0.3, -0.25) is 4.79 Å². The van der Waals surface area contributed by atoms with Gasteiger partial charge >= 0.3 is 0 Å². The lowest BCUT2D eigenvalue weighted by atomic mass is 10.0. The maximum atomic E-state index is 14.1. The van der Waals surface area contributed by atoms with Crippen LogP contribution in [-0.2, 0) is 17.8 Å². The Bertz CT molecular complexity index is 1300. The van der Waals surface area contributed by atoms with Crippen LogP contribution in [0.5, 0.6) is 11.5 Å². The van der Waals surface area contributed by atoms with Crippen LogP contribution in [0, 0.1) is 17.1 Å². The molecule has 35 heavy (non-hydrogen) atoms. The third-order valence-electron chi connectivity index (χ3n) is 4.91. The second kappa shape index (κ2) is 12.4. The minimum atomic E-state index is -0.571. The van der Waals surface area contributed by atoms with E-state index in [9.17, 15) is 14.4 Å². The highest BCUT2D eigenvalue weighted by Gasteiger charge is 2.16. The van der Waals surface area contributed by atoms with Gasteiger partial charge in [-0.1, -0.05) is 41.9 Å². The van der Waals surface area contributed by atoms with Crippen LogP contribution in [0.3, 0.4) is 0 Å². The fourth-order valence-corrected chi connectivity index (χ4v) is 3.54. The summed E-state index contributed by atoms with van der Waals surface area (Å²) in [6.07, 6.45) is 3.60. The quantitative estimate of drug-likeness (QED) is 0.194. The number of amides is 1. The Morgan fingerprint density at radius 1 is 1.14 bits per heavy atom. The van der Waals surface area contributed by atoms with Gasteiger partial charge in [0.15, 0.2) is 11.5 Å². The first kappa shape index (κ1) is 25.5. The molecule has 7 heteroatoms. The second-order valence-electron chi connectivity index (χ2n) is 7.45. The molecule has 0 radical (unpaired) electrons. The number of ether oxygens (including phenoxy) is 2. The summed E-state index contributed by atoms with van der Waals surface area (Å²) in [5.74, 6) is -0.0615. The molecular weight excluding hydrogens is 467 g/mol. The molecule has 0 aromatic heterocycles. The Hall–Kier alpha value is -4.08. The zero-order chi connectivity index (χ0) is 25.2. The van der Waals surface area contributed by atoms with Crippen LogP contribution in [0.25, 0.3) is 6.08 Å². The van der Waals surface area contributed by atoms with E-state index in [1.54, 1.807) is 60.7 Å². The van der Waals surface area contributed by atoms with Crippen LogP contribution < -0.4 is 14.8 Å². The lowest BCUT2D eigenvalue weighted by Gasteiger charge is -2.17. The summed E-state index contributed by atoms with van der Waals surface area (Å²) >= 11 is 5.97. The zero-order valence-corrected chi connectivity index (χ0v) is 19.9. The average molecular weight is 491 g/mol. The molecule has 0 aliphatic rings. The van der Waals surface area contributed by atoms with Crippen molar-refractivity contribution in [3.8, 4) is 17.6 Å². The molecule has 0 aliphatic heterocycles. The van der Waals surface area contributed by atoms with Gasteiger partial charge in [0, 0.05) is 21.8 Å². The van der Waals surface area contributed by atoms with Crippen molar-refractivity contribution in [3.05, 3.63) is 106 Å². The van der Waals surface area contributed by atoms with E-state index in [-0.39, 0.29) is 18.0 Å². The summed E-state index contributed by atoms with van der Waals surface area (Å²) in [6.45, 7) is 5.99. The second-order valence-corrected chi connectivity index (χ2v) is 7.88. The number of hydrogen-bond donors (Lipinski definition) is 1. The van der Waals surface area contributed by atoms with Gasteiger partial charge in [-0.25, -0.2) is 4.39 Å². The molecule has 0 atom stereocenters. The Kier molecular flexibility index (Phi) is 9.05. The first-order chi connectivity index (χ1) is 16.9. The predicted octanol–water partition coefficient (Wildman–Crippen LogP) is 6.73. The van der Waals surface area contributed by atoms with Crippen molar-refractivity contribution < 1.29 is 18.7 Å². The highest BCUT2D eigenvalue weighted by molar-refractivity contribution is 6.31. The van der Waals surface area contributed by atoms with Crippen LogP contribution in [0.15, 0.2) is 78.9 Å². The molecule has 5 nitrogen and oxygen atoms in total. The highest BCUT2D eigenvalue weighted by atomic mass is 35.5. The number of carbonyl (C=O) groups is 1. The van der Waals surface area contributed by atoms with Crippen LogP contribution in [-0.4, -0.2) is 12.5 Å². The predicted molar refractivity (Wildman–Crippen MR) is 136 cm³/mol. The molecule has 0 spiro atoms. The van der Waals surface area contributed by atoms with Crippen LogP contribution in [0.2, 0.25) is 5.02 Å². The van der Waals surface area contributed by atoms with E-state index in [1.165, 1.54) is 12.1 Å². The van der Waals surface area contributed by atoms with Gasteiger partial charge in [0.1, 0.15) is 24.1 Å². The summed E-state index contributed by atoms with van der Waals surface area (Å²) in [5, 5.41) is 12.7. The normalized spacial score (nSPS) is 10.9. The van der Waals surface area contributed by atoms with Crippen molar-refractivity contribution >= 4 is 29.3 Å². The molecule has 3 aromatic carbocycles. The molecule has 0 bridgehead atoms. The molecule has 3 aromatic rings. The number of carbonyl (C=O) groups excluding carboxylic acids is 1. The van der Waals surface area contributed by atoms with Crippen molar-refractivity contribution in [2.45, 2.75) is 20.0 Å². The van der Waals surface area contributed by atoms with E-state index in [0.29, 0.717) is 46.4 Å². The van der Waals surface area contributed by atoms with Gasteiger partial charge in [-0.15, -0.1) is 6.58 Å². The number of halogens is 2. The van der Waals surface area contributed by atoms with Gasteiger partial charge in [-0.05, 0) is 61.4 Å². The minimum Gasteiger partial charge on any atom is -0.490 e. The fraction of sp³-hybridized carbons (Fsp3) is 0.143. The van der Waals surface area contributed by atoms with Crippen LogP contribution in [0.4, 0.5) is 10.1 Å². The largest absolute Gasteiger partial charge is 0.490 e. The first-order valence-corrected chi connectivity index (χ1v) is 11.3. The summed E-state index contributed by atoms with van der Waals surface area (Å²) in [5.41, 5.74) is 2.08. The lowest BCUT2D eigenvalue weighted by Crippen LogP contribution is -2.13. The third kappa shape index (κ3) is 6.95. The van der Waals surface area contributed by atoms with Crippen molar-refractivity contribution in [3.63, 3.8) is 0 Å². The summed E-state index contributed by atoms with van der Waals surface area (Å²) in [4.78, 5) is 12.7. The topological polar surface area (TPSA) is 71.4 Å². The fourth-order valence-electron chi connectivity index (χ4n) is 3.35. The smallest absolute Gasteiger partial charge is 0.266 e. The van der Waals surface area contributed by atoms with Gasteiger partial charge in [-0.2, -0.15) is 5.26 Å². The summed E-state index contributed by atoms with van der Waals surface area (Å²) in [7, 11) is 0. The molecule has 0 saturated heterocycles. The molecule has 0 aliphatic carbocycles. The third-order valence-corrected chi connectivity index (χ3v) is 5.14. The molecule has 0 heterocycles. The van der Waals surface area contributed by atoms with E-state index >= 15 is 0 Å². The van der Waals surface area contributed by atoms with Crippen molar-refractivity contribution in [1.29, 1.82) is 5.26 Å². The number of nitriles is 1. The van der Waals surface area contributed by atoms with E-state index in [4.69, 9.17) is 21.1 Å². The van der Waals surface area contributed by atoms with Crippen LogP contribution >= 0.6 is 11.6 Å². The number of allylic oxidation sites excluding steroid dienone is 1. The SMILES string of the molecule is C=CCc1cc(/C=C(\C#N)C(=O)Nc2cccc(Cl)c2)cc(OCC)c1OCc1ccccc1F. The van der Waals surface area contributed by atoms with Gasteiger partial charge in [0.2, 0.25) is 0 Å². The van der Waals surface area contributed by atoms with Crippen molar-refractivity contribution in [1.82, 2.24) is 0 Å². The highest BCUT2D eigenvalue weighted by Crippen LogP contribution is 2.35. The Labute approximate surface area is 209 Å². The number of nitrogens with zero attached hydrogens (tertiary/aromatic N) is 1. The first-order valence-electron chi connectivity index (χ1n) is 10.9. The molecule has 0 saturated carbocycles. The van der Waals surface area contributed by atoms with Gasteiger partial charge < -0.3 is 14.8 Å². The molecule has 1 N–H and O–H groups in total. The van der Waals surface area contributed by atoms with E-state index in [2.05, 4.69) is 11.9 Å². The molecular formula is C28H24ClFN2O3. The number of anilines is 1. The van der Waals surface area contributed by atoms with E-state index in [0.717, 1.165) is 5.56 Å². The Morgan fingerprint density at radius 3 is 2.63 bits per heavy atom. The number of nitrogens with one attached hydrogen (secondary N) is 1. The zero-order valence-electron chi connectivity index (χ0n) is 19.2. The molecule has 0 fully saturated rings. The molecule has 3 rings (SSSR count). The van der Waals surface area contributed by atoms with Crippen molar-refractivity contribution in [2.24, 2.45) is 0 Å². The number of rotatable bonds is 10. The number of benzene rings is 3. The minimum absolute atomic E-state index is 0.0115. The standard InChI is InChI=1S/C28H24ClFN2O3/c1-3-8-20-13-19(14-22(17-31)28(33)32-24-11-7-10-23(29)16-24)15-26(34-4-2)27(20)35-18-21-9-5-6-12-25(21)30/h3,5-7,9-16H,1,4,8,18H2,2H3,(H,32,33)/b22-14+. The monoisotopic (exact) mass is 490 g/mol. The van der Waals surface area contributed by atoms with E-state index < -0.39 is 5.91 Å². The number of hydrogen-bond acceptors (Lipinski definition) is 4. The van der Waals surface area contributed by atoms with E-state index in [1.807, 2.05) is 13.0 Å². The average Bonchev–Trinajstić information content (AvgIpc) is 2.83. The molecule has 178 valence electrons. The summed E-state index contributed by atoms with van der Waals surface area (Å²) < 4.78 is 25.8. The lowest BCUT2D eigenvalue weighted by molar-refractivity contribution is -0.112. The maximum absolute atomic E-state index is 14.1. The summed E-state index contributed by atoms with van der Waals surface area (Å²) in [6, 6.07) is 18.4. The molecule has 1 amide bonds. The van der Waals surface area contributed by atoms with Gasteiger partial charge in [0.05, 0.1) is 6.61 Å². The molecule has 0 unspecified atom stereocenters.